The van der Waals surface area contributed by atoms with Gasteiger partial charge in [-0.15, -0.1) is 0 Å². The molecular formula is C24H34N4O3. The molecule has 0 radical (unpaired) electrons. The van der Waals surface area contributed by atoms with Crippen molar-refractivity contribution in [3.05, 3.63) is 53.6 Å². The highest BCUT2D eigenvalue weighted by atomic mass is 16.5. The van der Waals surface area contributed by atoms with Crippen molar-refractivity contribution in [1.29, 1.82) is 0 Å². The van der Waals surface area contributed by atoms with Gasteiger partial charge in [0.25, 0.3) is 5.91 Å². The number of hydrogen-bond donors (Lipinski definition) is 1. The predicted octanol–water partition coefficient (Wildman–Crippen LogP) is 2.49. The Hall–Kier alpha value is -2.77. The summed E-state index contributed by atoms with van der Waals surface area (Å²) >= 11 is 0. The monoisotopic (exact) mass is 426 g/mol. The smallest absolute Gasteiger partial charge is 0.251 e. The fourth-order valence-corrected chi connectivity index (χ4v) is 3.85. The highest BCUT2D eigenvalue weighted by Crippen LogP contribution is 2.28. The second-order valence-electron chi connectivity index (χ2n) is 8.12. The molecule has 3 rings (SSSR count). The van der Waals surface area contributed by atoms with E-state index in [1.165, 1.54) is 5.56 Å². The molecule has 1 saturated heterocycles. The maximum Gasteiger partial charge on any atom is 0.251 e. The predicted molar refractivity (Wildman–Crippen MR) is 124 cm³/mol. The van der Waals surface area contributed by atoms with E-state index < -0.39 is 0 Å². The number of piperazine rings is 1. The number of nitrogens with zero attached hydrogens (tertiary/aromatic N) is 3. The number of anilines is 1. The fourth-order valence-electron chi connectivity index (χ4n) is 3.85. The van der Waals surface area contributed by atoms with E-state index in [2.05, 4.69) is 51.3 Å². The van der Waals surface area contributed by atoms with Crippen LogP contribution < -0.4 is 19.7 Å². The van der Waals surface area contributed by atoms with Gasteiger partial charge < -0.3 is 24.6 Å². The van der Waals surface area contributed by atoms with Crippen LogP contribution in [-0.2, 0) is 0 Å². The minimum atomic E-state index is -0.120. The van der Waals surface area contributed by atoms with E-state index in [0.29, 0.717) is 23.6 Å². The third kappa shape index (κ3) is 5.68. The van der Waals surface area contributed by atoms with Crippen LogP contribution >= 0.6 is 0 Å². The normalized spacial score (nSPS) is 15.9. The first kappa shape index (κ1) is 22.9. The molecule has 2 aromatic carbocycles. The summed E-state index contributed by atoms with van der Waals surface area (Å²) in [7, 11) is 9.38. The molecule has 1 heterocycles. The first-order valence-electron chi connectivity index (χ1n) is 10.6. The Kier molecular flexibility index (Phi) is 7.76. The second kappa shape index (κ2) is 10.5. The first-order valence-corrected chi connectivity index (χ1v) is 10.6. The van der Waals surface area contributed by atoms with E-state index in [-0.39, 0.29) is 11.9 Å². The van der Waals surface area contributed by atoms with Crippen molar-refractivity contribution >= 4 is 11.6 Å². The number of nitrogens with one attached hydrogen (secondary N) is 1. The molecule has 0 bridgehead atoms. The standard InChI is InChI=1S/C24H34N4O3/c1-26(2)20-9-6-18(7-10-20)21(28-14-12-27(3)13-15-28)17-25-24(29)19-8-11-22(30-4)23(16-19)31-5/h6-11,16,21H,12-15,17H2,1-5H3,(H,25,29)/t21-/m0/s1. The van der Waals surface area contributed by atoms with Crippen LogP contribution in [-0.4, -0.2) is 83.8 Å². The zero-order valence-electron chi connectivity index (χ0n) is 19.2. The topological polar surface area (TPSA) is 57.3 Å². The Balaban J connectivity index is 1.76. The SMILES string of the molecule is COc1ccc(C(=O)NC[C@@H](c2ccc(N(C)C)cc2)N2CCN(C)CC2)cc1OC. The van der Waals surface area contributed by atoms with Crippen molar-refractivity contribution in [3.8, 4) is 11.5 Å². The Bertz CT molecular complexity index is 862. The van der Waals surface area contributed by atoms with Crippen molar-refractivity contribution in [2.24, 2.45) is 0 Å². The van der Waals surface area contributed by atoms with E-state index in [4.69, 9.17) is 9.47 Å². The molecule has 7 heteroatoms. The highest BCUT2D eigenvalue weighted by Gasteiger charge is 2.25. The summed E-state index contributed by atoms with van der Waals surface area (Å²) < 4.78 is 10.6. The van der Waals surface area contributed by atoms with E-state index in [1.807, 2.05) is 14.1 Å². The average molecular weight is 427 g/mol. The quantitative estimate of drug-likeness (QED) is 0.700. The Morgan fingerprint density at radius 2 is 1.65 bits per heavy atom. The van der Waals surface area contributed by atoms with Crippen molar-refractivity contribution in [2.45, 2.75) is 6.04 Å². The van der Waals surface area contributed by atoms with Gasteiger partial charge in [-0.2, -0.15) is 0 Å². The van der Waals surface area contributed by atoms with Gasteiger partial charge in [0.05, 0.1) is 20.3 Å². The lowest BCUT2D eigenvalue weighted by Crippen LogP contribution is -2.48. The minimum Gasteiger partial charge on any atom is -0.493 e. The van der Waals surface area contributed by atoms with Gasteiger partial charge in [-0.3, -0.25) is 9.69 Å². The molecule has 0 aliphatic carbocycles. The van der Waals surface area contributed by atoms with E-state index in [0.717, 1.165) is 31.9 Å². The van der Waals surface area contributed by atoms with Gasteiger partial charge in [0.15, 0.2) is 11.5 Å². The molecule has 1 aliphatic rings. The van der Waals surface area contributed by atoms with Gasteiger partial charge >= 0.3 is 0 Å². The van der Waals surface area contributed by atoms with Gasteiger partial charge in [-0.25, -0.2) is 0 Å². The molecule has 0 saturated carbocycles. The maximum atomic E-state index is 12.9. The minimum absolute atomic E-state index is 0.119. The number of ether oxygens (including phenoxy) is 2. The molecule has 1 atom stereocenters. The Morgan fingerprint density at radius 1 is 1.00 bits per heavy atom. The van der Waals surface area contributed by atoms with Crippen molar-refractivity contribution in [3.63, 3.8) is 0 Å². The molecular weight excluding hydrogens is 392 g/mol. The van der Waals surface area contributed by atoms with Gasteiger partial charge in [-0.1, -0.05) is 12.1 Å². The lowest BCUT2D eigenvalue weighted by Gasteiger charge is -2.38. The first-order chi connectivity index (χ1) is 14.9. The molecule has 2 aromatic rings. The van der Waals surface area contributed by atoms with Gasteiger partial charge in [0, 0.05) is 58.1 Å². The molecule has 1 fully saturated rings. The van der Waals surface area contributed by atoms with Crippen LogP contribution in [0.15, 0.2) is 42.5 Å². The molecule has 7 nitrogen and oxygen atoms in total. The summed E-state index contributed by atoms with van der Waals surface area (Å²) in [5.41, 5.74) is 2.93. The molecule has 1 amide bonds. The molecule has 168 valence electrons. The van der Waals surface area contributed by atoms with Crippen LogP contribution in [0.5, 0.6) is 11.5 Å². The summed E-state index contributed by atoms with van der Waals surface area (Å²) in [6.07, 6.45) is 0. The van der Waals surface area contributed by atoms with Crippen LogP contribution in [0.4, 0.5) is 5.69 Å². The molecule has 31 heavy (non-hydrogen) atoms. The zero-order valence-corrected chi connectivity index (χ0v) is 19.2. The van der Waals surface area contributed by atoms with Crippen LogP contribution in [0.1, 0.15) is 22.0 Å². The highest BCUT2D eigenvalue weighted by molar-refractivity contribution is 5.94. The number of carbonyl (C=O) groups excluding carboxylic acids is 1. The Labute approximate surface area is 185 Å². The third-order valence-electron chi connectivity index (χ3n) is 5.87. The lowest BCUT2D eigenvalue weighted by atomic mass is 10.0. The summed E-state index contributed by atoms with van der Waals surface area (Å²) in [4.78, 5) is 19.8. The number of amides is 1. The number of hydrogen-bond acceptors (Lipinski definition) is 6. The maximum absolute atomic E-state index is 12.9. The molecule has 0 unspecified atom stereocenters. The van der Waals surface area contributed by atoms with E-state index in [9.17, 15) is 4.79 Å². The third-order valence-corrected chi connectivity index (χ3v) is 5.87. The van der Waals surface area contributed by atoms with Gasteiger partial charge in [-0.05, 0) is 42.9 Å². The zero-order chi connectivity index (χ0) is 22.4. The number of likely N-dealkylation sites (N-methyl/N-ethyl adjacent to an activating group) is 1. The van der Waals surface area contributed by atoms with E-state index >= 15 is 0 Å². The molecule has 1 aliphatic heterocycles. The summed E-state index contributed by atoms with van der Waals surface area (Å²) in [6, 6.07) is 13.9. The van der Waals surface area contributed by atoms with Crippen LogP contribution in [0, 0.1) is 0 Å². The fraction of sp³-hybridized carbons (Fsp3) is 0.458. The average Bonchev–Trinajstić information content (AvgIpc) is 2.80. The number of methoxy groups -OCH3 is 2. The molecule has 0 spiro atoms. The van der Waals surface area contributed by atoms with Crippen molar-refractivity contribution in [1.82, 2.24) is 15.1 Å². The Morgan fingerprint density at radius 3 is 2.23 bits per heavy atom. The van der Waals surface area contributed by atoms with Gasteiger partial charge in [0.2, 0.25) is 0 Å². The second-order valence-corrected chi connectivity index (χ2v) is 8.12. The van der Waals surface area contributed by atoms with Crippen LogP contribution in [0.2, 0.25) is 0 Å². The van der Waals surface area contributed by atoms with E-state index in [1.54, 1.807) is 32.4 Å². The summed E-state index contributed by atoms with van der Waals surface area (Å²) in [6.45, 7) is 4.54. The number of benzene rings is 2. The van der Waals surface area contributed by atoms with Crippen LogP contribution in [0.25, 0.3) is 0 Å². The molecule has 1 N–H and O–H groups in total. The lowest BCUT2D eigenvalue weighted by molar-refractivity contribution is 0.0886. The summed E-state index contributed by atoms with van der Waals surface area (Å²) in [5, 5.41) is 3.13. The van der Waals surface area contributed by atoms with Gasteiger partial charge in [0.1, 0.15) is 0 Å². The van der Waals surface area contributed by atoms with Crippen LogP contribution in [0.3, 0.4) is 0 Å². The number of rotatable bonds is 8. The van der Waals surface area contributed by atoms with Crippen molar-refractivity contribution in [2.75, 3.05) is 73.0 Å². The number of carbonyl (C=O) groups is 1. The largest absolute Gasteiger partial charge is 0.493 e. The summed E-state index contributed by atoms with van der Waals surface area (Å²) in [5.74, 6) is 1.03. The van der Waals surface area contributed by atoms with Crippen molar-refractivity contribution < 1.29 is 14.3 Å². The molecule has 0 aromatic heterocycles.